The molecule has 130 valence electrons. The molecule has 0 bridgehead atoms. The maximum atomic E-state index is 12.2. The number of amides is 1. The van der Waals surface area contributed by atoms with Crippen LogP contribution in [0.25, 0.3) is 6.08 Å². The van der Waals surface area contributed by atoms with Crippen LogP contribution in [0.1, 0.15) is 32.8 Å². The highest BCUT2D eigenvalue weighted by Gasteiger charge is 2.29. The number of carbonyl (C=O) groups excluding carboxylic acids is 1. The lowest BCUT2D eigenvalue weighted by molar-refractivity contribution is -0.136. The van der Waals surface area contributed by atoms with Gasteiger partial charge < -0.3 is 15.0 Å². The predicted octanol–water partition coefficient (Wildman–Crippen LogP) is 2.95. The number of hydrogen-bond acceptors (Lipinski definition) is 3. The zero-order valence-corrected chi connectivity index (χ0v) is 14.9. The van der Waals surface area contributed by atoms with Crippen LogP contribution in [0.2, 0.25) is 0 Å². The Morgan fingerprint density at radius 2 is 2.17 bits per heavy atom. The second-order valence-corrected chi connectivity index (χ2v) is 7.32. The van der Waals surface area contributed by atoms with Crippen LogP contribution in [0.4, 0.5) is 0 Å². The Balaban J connectivity index is 1.53. The summed E-state index contributed by atoms with van der Waals surface area (Å²) in [4.78, 5) is 14.2. The normalized spacial score (nSPS) is 23.5. The van der Waals surface area contributed by atoms with E-state index in [-0.39, 0.29) is 11.8 Å². The van der Waals surface area contributed by atoms with Gasteiger partial charge in [-0.05, 0) is 30.1 Å². The molecule has 2 atom stereocenters. The summed E-state index contributed by atoms with van der Waals surface area (Å²) in [6.07, 6.45) is 3.25. The lowest BCUT2D eigenvalue weighted by atomic mass is 9.92. The molecule has 1 fully saturated rings. The van der Waals surface area contributed by atoms with Gasteiger partial charge in [0, 0.05) is 37.2 Å². The molecule has 0 spiro atoms. The number of nitrogens with zero attached hydrogens (tertiary/aromatic N) is 1. The second-order valence-electron chi connectivity index (χ2n) is 7.32. The predicted molar refractivity (Wildman–Crippen MR) is 96.9 cm³/mol. The van der Waals surface area contributed by atoms with E-state index in [0.717, 1.165) is 37.4 Å². The number of para-hydroxylation sites is 1. The average Bonchev–Trinajstić information content (AvgIpc) is 2.59. The number of nitrogens with one attached hydrogen (secondary N) is 1. The van der Waals surface area contributed by atoms with Crippen LogP contribution in [-0.4, -0.2) is 43.1 Å². The summed E-state index contributed by atoms with van der Waals surface area (Å²) in [5, 5.41) is 3.67. The highest BCUT2D eigenvalue weighted by molar-refractivity contribution is 5.78. The van der Waals surface area contributed by atoms with Crippen molar-refractivity contribution in [2.24, 2.45) is 11.8 Å². The molecule has 24 heavy (non-hydrogen) atoms. The summed E-state index contributed by atoms with van der Waals surface area (Å²) < 4.78 is 5.82. The van der Waals surface area contributed by atoms with Gasteiger partial charge in [0.25, 0.3) is 0 Å². The van der Waals surface area contributed by atoms with E-state index < -0.39 is 0 Å². The molecule has 2 heterocycles. The van der Waals surface area contributed by atoms with Gasteiger partial charge in [-0.3, -0.25) is 4.79 Å². The van der Waals surface area contributed by atoms with E-state index in [1.165, 1.54) is 5.57 Å². The van der Waals surface area contributed by atoms with E-state index in [0.29, 0.717) is 18.6 Å². The Bertz CT molecular complexity index is 624. The molecule has 1 aromatic carbocycles. The first kappa shape index (κ1) is 17.0. The Kier molecular flexibility index (Phi) is 5.24. The van der Waals surface area contributed by atoms with E-state index >= 15 is 0 Å². The topological polar surface area (TPSA) is 41.6 Å². The largest absolute Gasteiger partial charge is 0.489 e. The number of carbonyl (C=O) groups is 1. The van der Waals surface area contributed by atoms with Gasteiger partial charge in [-0.1, -0.05) is 39.0 Å². The maximum Gasteiger partial charge on any atom is 0.225 e. The fourth-order valence-electron chi connectivity index (χ4n) is 3.54. The minimum Gasteiger partial charge on any atom is -0.489 e. The van der Waals surface area contributed by atoms with Crippen molar-refractivity contribution in [3.63, 3.8) is 0 Å². The molecule has 2 unspecified atom stereocenters. The molecule has 4 heteroatoms. The average molecular weight is 328 g/mol. The molecule has 0 saturated carbocycles. The van der Waals surface area contributed by atoms with Crippen molar-refractivity contribution in [1.29, 1.82) is 0 Å². The van der Waals surface area contributed by atoms with Crippen LogP contribution in [0.3, 0.4) is 0 Å². The van der Waals surface area contributed by atoms with Gasteiger partial charge in [0.15, 0.2) is 0 Å². The number of piperidine rings is 1. The summed E-state index contributed by atoms with van der Waals surface area (Å²) in [5.41, 5.74) is 2.44. The minimum absolute atomic E-state index is 0.0892. The summed E-state index contributed by atoms with van der Waals surface area (Å²) >= 11 is 0. The number of fused-ring (bicyclic) bond motifs is 1. The van der Waals surface area contributed by atoms with Crippen molar-refractivity contribution in [3.8, 4) is 5.75 Å². The second kappa shape index (κ2) is 7.39. The van der Waals surface area contributed by atoms with Gasteiger partial charge in [-0.25, -0.2) is 0 Å². The minimum atomic E-state index is 0.0892. The molecule has 1 N–H and O–H groups in total. The summed E-state index contributed by atoms with van der Waals surface area (Å²) in [7, 11) is 0. The lowest BCUT2D eigenvalue weighted by Gasteiger charge is -2.38. The molecule has 3 rings (SSSR count). The van der Waals surface area contributed by atoms with Gasteiger partial charge in [-0.2, -0.15) is 0 Å². The Morgan fingerprint density at radius 3 is 2.92 bits per heavy atom. The van der Waals surface area contributed by atoms with Crippen LogP contribution >= 0.6 is 0 Å². The van der Waals surface area contributed by atoms with Crippen LogP contribution in [0.5, 0.6) is 5.75 Å². The number of hydrogen-bond donors (Lipinski definition) is 1. The highest BCUT2D eigenvalue weighted by atomic mass is 16.5. The number of likely N-dealkylation sites (tertiary alicyclic amines) is 1. The summed E-state index contributed by atoms with van der Waals surface area (Å²) in [6.45, 7) is 9.41. The first-order valence-electron chi connectivity index (χ1n) is 8.98. The van der Waals surface area contributed by atoms with E-state index in [1.54, 1.807) is 0 Å². The molecule has 1 aromatic rings. The lowest BCUT2D eigenvalue weighted by Crippen LogP contribution is -2.51. The fraction of sp³-hybridized carbons (Fsp3) is 0.550. The third kappa shape index (κ3) is 3.81. The van der Waals surface area contributed by atoms with Crippen LogP contribution in [0.15, 0.2) is 29.8 Å². The molecule has 4 nitrogen and oxygen atoms in total. The molecule has 0 radical (unpaired) electrons. The molecular weight excluding hydrogens is 300 g/mol. The van der Waals surface area contributed by atoms with Crippen LogP contribution in [0, 0.1) is 11.8 Å². The summed E-state index contributed by atoms with van der Waals surface area (Å²) in [6, 6.07) is 8.61. The number of ether oxygens (including phenoxy) is 1. The Hall–Kier alpha value is -1.81. The van der Waals surface area contributed by atoms with Crippen molar-refractivity contribution in [1.82, 2.24) is 10.2 Å². The molecule has 0 aliphatic carbocycles. The molecule has 1 amide bonds. The smallest absolute Gasteiger partial charge is 0.225 e. The zero-order chi connectivity index (χ0) is 17.1. The van der Waals surface area contributed by atoms with Gasteiger partial charge >= 0.3 is 0 Å². The number of benzene rings is 1. The zero-order valence-electron chi connectivity index (χ0n) is 14.9. The highest BCUT2D eigenvalue weighted by Crippen LogP contribution is 2.26. The van der Waals surface area contributed by atoms with Crippen molar-refractivity contribution < 1.29 is 9.53 Å². The Morgan fingerprint density at radius 1 is 1.38 bits per heavy atom. The van der Waals surface area contributed by atoms with Crippen molar-refractivity contribution in [2.75, 3.05) is 26.2 Å². The van der Waals surface area contributed by atoms with Crippen molar-refractivity contribution in [3.05, 3.63) is 35.4 Å². The molecule has 1 saturated heterocycles. The van der Waals surface area contributed by atoms with Gasteiger partial charge in [0.05, 0.1) is 0 Å². The van der Waals surface area contributed by atoms with E-state index in [4.69, 9.17) is 4.74 Å². The molecule has 2 aliphatic heterocycles. The third-order valence-corrected chi connectivity index (χ3v) is 4.99. The standard InChI is InChI=1S/C20H28N2O2/c1-14(2)20(23)22-9-8-18(15(3)12-22)21-11-16-10-17-6-4-5-7-19(17)24-13-16/h4-7,10,14-15,18,21H,8-9,11-13H2,1-3H3. The third-order valence-electron chi connectivity index (χ3n) is 4.99. The van der Waals surface area contributed by atoms with E-state index in [2.05, 4.69) is 24.4 Å². The molecule has 0 aromatic heterocycles. The quantitative estimate of drug-likeness (QED) is 0.924. The van der Waals surface area contributed by atoms with Gasteiger partial charge in [0.1, 0.15) is 12.4 Å². The van der Waals surface area contributed by atoms with E-state index in [9.17, 15) is 4.79 Å². The monoisotopic (exact) mass is 328 g/mol. The Labute approximate surface area is 144 Å². The van der Waals surface area contributed by atoms with Gasteiger partial charge in [0.2, 0.25) is 5.91 Å². The first-order valence-corrected chi connectivity index (χ1v) is 8.98. The SMILES string of the molecule is CC(C)C(=O)N1CCC(NCC2=Cc3ccccc3OC2)C(C)C1. The maximum absolute atomic E-state index is 12.2. The summed E-state index contributed by atoms with van der Waals surface area (Å²) in [5.74, 6) is 1.81. The number of rotatable bonds is 4. The fourth-order valence-corrected chi connectivity index (χ4v) is 3.54. The van der Waals surface area contributed by atoms with E-state index in [1.807, 2.05) is 36.9 Å². The first-order chi connectivity index (χ1) is 11.5. The van der Waals surface area contributed by atoms with Crippen molar-refractivity contribution >= 4 is 12.0 Å². The van der Waals surface area contributed by atoms with Crippen LogP contribution in [-0.2, 0) is 4.79 Å². The van der Waals surface area contributed by atoms with Crippen LogP contribution < -0.4 is 10.1 Å². The molecule has 2 aliphatic rings. The molecular formula is C20H28N2O2. The van der Waals surface area contributed by atoms with Crippen molar-refractivity contribution in [2.45, 2.75) is 33.2 Å². The van der Waals surface area contributed by atoms with Gasteiger partial charge in [-0.15, -0.1) is 0 Å².